The van der Waals surface area contributed by atoms with Gasteiger partial charge in [0.15, 0.2) is 5.58 Å². The number of rotatable bonds is 2. The summed E-state index contributed by atoms with van der Waals surface area (Å²) in [5.41, 5.74) is 2.34. The molecule has 1 aliphatic rings. The Balaban J connectivity index is 1.99. The molecule has 5 nitrogen and oxygen atoms in total. The molecule has 1 aliphatic heterocycles. The van der Waals surface area contributed by atoms with Gasteiger partial charge in [0.1, 0.15) is 0 Å². The van der Waals surface area contributed by atoms with Crippen molar-refractivity contribution in [1.82, 2.24) is 4.98 Å². The predicted octanol–water partition coefficient (Wildman–Crippen LogP) is 2.25. The summed E-state index contributed by atoms with van der Waals surface area (Å²) in [6, 6.07) is 3.78. The third-order valence-corrected chi connectivity index (χ3v) is 4.49. The molecular formula is C13H13NO4S. The van der Waals surface area contributed by atoms with Gasteiger partial charge in [-0.25, -0.2) is 4.79 Å². The van der Waals surface area contributed by atoms with Gasteiger partial charge in [-0.2, -0.15) is 0 Å². The van der Waals surface area contributed by atoms with E-state index >= 15 is 0 Å². The van der Waals surface area contributed by atoms with Crippen LogP contribution < -0.4 is 5.76 Å². The third-order valence-electron chi connectivity index (χ3n) is 3.36. The minimum atomic E-state index is -0.753. The quantitative estimate of drug-likeness (QED) is 0.881. The van der Waals surface area contributed by atoms with Gasteiger partial charge in [0.2, 0.25) is 0 Å². The Labute approximate surface area is 113 Å². The van der Waals surface area contributed by atoms with Crippen LogP contribution in [0.4, 0.5) is 0 Å². The van der Waals surface area contributed by atoms with Crippen molar-refractivity contribution in [3.63, 3.8) is 0 Å². The number of aromatic amines is 1. The highest BCUT2D eigenvalue weighted by atomic mass is 32.2. The summed E-state index contributed by atoms with van der Waals surface area (Å²) in [4.78, 5) is 25.7. The Bertz CT molecular complexity index is 687. The van der Waals surface area contributed by atoms with Crippen molar-refractivity contribution in [1.29, 1.82) is 0 Å². The van der Waals surface area contributed by atoms with Crippen LogP contribution in [0.15, 0.2) is 26.2 Å². The fraction of sp³-hybridized carbons (Fsp3) is 0.385. The van der Waals surface area contributed by atoms with Crippen LogP contribution in [0.1, 0.15) is 18.4 Å². The molecule has 1 aromatic carbocycles. The number of nitrogens with one attached hydrogen (secondary N) is 1. The van der Waals surface area contributed by atoms with Gasteiger partial charge in [0, 0.05) is 11.3 Å². The summed E-state index contributed by atoms with van der Waals surface area (Å²) < 4.78 is 5.05. The number of thioether (sulfide) groups is 1. The van der Waals surface area contributed by atoms with Crippen molar-refractivity contribution in [2.45, 2.75) is 24.2 Å². The van der Waals surface area contributed by atoms with Crippen LogP contribution in [0.25, 0.3) is 11.1 Å². The predicted molar refractivity (Wildman–Crippen MR) is 71.6 cm³/mol. The Kier molecular flexibility index (Phi) is 3.10. The van der Waals surface area contributed by atoms with Crippen molar-refractivity contribution in [3.8, 4) is 0 Å². The first-order valence-corrected chi connectivity index (χ1v) is 7.11. The van der Waals surface area contributed by atoms with Crippen molar-refractivity contribution >= 4 is 28.8 Å². The molecule has 2 heterocycles. The molecule has 0 amide bonds. The molecular weight excluding hydrogens is 266 g/mol. The molecule has 2 N–H and O–H groups in total. The number of carboxylic acids is 1. The summed E-state index contributed by atoms with van der Waals surface area (Å²) in [6.07, 6.45) is 1.82. The van der Waals surface area contributed by atoms with E-state index in [0.717, 1.165) is 29.1 Å². The van der Waals surface area contributed by atoms with Crippen LogP contribution in [-0.2, 0) is 11.2 Å². The van der Waals surface area contributed by atoms with E-state index in [2.05, 4.69) is 4.98 Å². The second kappa shape index (κ2) is 4.77. The number of carbonyl (C=O) groups is 1. The number of carboxylic acid groups (broad SMARTS) is 1. The average molecular weight is 279 g/mol. The number of H-pyrrole nitrogens is 1. The van der Waals surface area contributed by atoms with Gasteiger partial charge >= 0.3 is 11.7 Å². The molecule has 0 radical (unpaired) electrons. The molecule has 0 fully saturated rings. The number of aliphatic carboxylic acids is 1. The fourth-order valence-electron chi connectivity index (χ4n) is 2.49. The number of aromatic nitrogens is 1. The monoisotopic (exact) mass is 279 g/mol. The van der Waals surface area contributed by atoms with Gasteiger partial charge in [-0.1, -0.05) is 0 Å². The second-order valence-electron chi connectivity index (χ2n) is 4.78. The van der Waals surface area contributed by atoms with Crippen LogP contribution in [-0.4, -0.2) is 21.8 Å². The number of hydrogen-bond acceptors (Lipinski definition) is 4. The first kappa shape index (κ1) is 12.3. The maximum atomic E-state index is 11.2. The van der Waals surface area contributed by atoms with E-state index in [9.17, 15) is 9.59 Å². The highest BCUT2D eigenvalue weighted by molar-refractivity contribution is 7.99. The summed E-state index contributed by atoms with van der Waals surface area (Å²) in [7, 11) is 0. The van der Waals surface area contributed by atoms with Gasteiger partial charge in [-0.15, -0.1) is 11.8 Å². The van der Waals surface area contributed by atoms with Crippen molar-refractivity contribution < 1.29 is 14.3 Å². The van der Waals surface area contributed by atoms with E-state index in [1.54, 1.807) is 11.8 Å². The summed E-state index contributed by atoms with van der Waals surface area (Å²) >= 11 is 1.70. The van der Waals surface area contributed by atoms with Crippen LogP contribution in [0.2, 0.25) is 0 Å². The lowest BCUT2D eigenvalue weighted by Crippen LogP contribution is -2.10. The van der Waals surface area contributed by atoms with Gasteiger partial charge in [-0.3, -0.25) is 9.78 Å². The number of benzene rings is 1. The molecule has 6 heteroatoms. The van der Waals surface area contributed by atoms with Crippen LogP contribution >= 0.6 is 11.8 Å². The zero-order chi connectivity index (χ0) is 13.4. The van der Waals surface area contributed by atoms with E-state index in [4.69, 9.17) is 9.52 Å². The summed E-state index contributed by atoms with van der Waals surface area (Å²) in [5.74, 6) is -0.161. The normalized spacial score (nSPS) is 19.1. The summed E-state index contributed by atoms with van der Waals surface area (Å²) in [5, 5.41) is 8.91. The first-order valence-electron chi connectivity index (χ1n) is 6.12. The molecule has 3 rings (SSSR count). The smallest absolute Gasteiger partial charge is 0.417 e. The van der Waals surface area contributed by atoms with Gasteiger partial charge in [-0.05, 0) is 42.2 Å². The minimum absolute atomic E-state index is 0.155. The van der Waals surface area contributed by atoms with E-state index in [-0.39, 0.29) is 12.3 Å². The van der Waals surface area contributed by atoms with Crippen LogP contribution in [0, 0.1) is 5.92 Å². The highest BCUT2D eigenvalue weighted by Gasteiger charge is 2.20. The van der Waals surface area contributed by atoms with Crippen molar-refractivity contribution in [3.05, 3.63) is 28.2 Å². The number of hydrogen-bond donors (Lipinski definition) is 2. The molecule has 2 aromatic rings. The maximum Gasteiger partial charge on any atom is 0.417 e. The lowest BCUT2D eigenvalue weighted by molar-refractivity contribution is -0.138. The van der Waals surface area contributed by atoms with Crippen LogP contribution in [0.3, 0.4) is 0 Å². The van der Waals surface area contributed by atoms with Gasteiger partial charge < -0.3 is 9.52 Å². The molecule has 0 aliphatic carbocycles. The Hall–Kier alpha value is -1.69. The molecule has 0 saturated carbocycles. The molecule has 0 saturated heterocycles. The lowest BCUT2D eigenvalue weighted by atomic mass is 9.94. The SMILES string of the molecule is O=C(O)CC1CCSc2cc3oc(=O)[nH]c3cc2C1. The standard InChI is InChI=1S/C13H13NO4S/c15-12(16)4-7-1-2-19-11-6-10-9(5-8(11)3-7)14-13(17)18-10/h5-7H,1-4H2,(H,14,17)(H,15,16). The van der Waals surface area contributed by atoms with Crippen molar-refractivity contribution in [2.75, 3.05) is 5.75 Å². The Morgan fingerprint density at radius 3 is 3.16 bits per heavy atom. The largest absolute Gasteiger partial charge is 0.481 e. The molecule has 1 unspecified atom stereocenters. The van der Waals surface area contributed by atoms with E-state index in [1.807, 2.05) is 12.1 Å². The lowest BCUT2D eigenvalue weighted by Gasteiger charge is -2.11. The highest BCUT2D eigenvalue weighted by Crippen LogP contribution is 2.34. The molecule has 1 atom stereocenters. The van der Waals surface area contributed by atoms with E-state index in [0.29, 0.717) is 11.1 Å². The van der Waals surface area contributed by atoms with Gasteiger partial charge in [0.05, 0.1) is 5.52 Å². The Morgan fingerprint density at radius 2 is 2.37 bits per heavy atom. The summed E-state index contributed by atoms with van der Waals surface area (Å²) in [6.45, 7) is 0. The first-order chi connectivity index (χ1) is 9.11. The Morgan fingerprint density at radius 1 is 1.53 bits per heavy atom. The maximum absolute atomic E-state index is 11.2. The number of fused-ring (bicyclic) bond motifs is 2. The molecule has 1 aromatic heterocycles. The second-order valence-corrected chi connectivity index (χ2v) is 5.91. The minimum Gasteiger partial charge on any atom is -0.481 e. The fourth-order valence-corrected chi connectivity index (χ4v) is 3.68. The molecule has 100 valence electrons. The molecule has 0 spiro atoms. The molecule has 19 heavy (non-hydrogen) atoms. The topological polar surface area (TPSA) is 83.3 Å². The van der Waals surface area contributed by atoms with E-state index < -0.39 is 11.7 Å². The zero-order valence-electron chi connectivity index (χ0n) is 10.1. The van der Waals surface area contributed by atoms with Crippen molar-refractivity contribution in [2.24, 2.45) is 5.92 Å². The zero-order valence-corrected chi connectivity index (χ0v) is 11.0. The van der Waals surface area contributed by atoms with E-state index in [1.165, 1.54) is 0 Å². The van der Waals surface area contributed by atoms with Gasteiger partial charge in [0.25, 0.3) is 0 Å². The third kappa shape index (κ3) is 2.53. The van der Waals surface area contributed by atoms with Crippen LogP contribution in [0.5, 0.6) is 0 Å². The molecule has 0 bridgehead atoms. The average Bonchev–Trinajstić information content (AvgIpc) is 2.55. The number of oxazole rings is 1.